The maximum absolute atomic E-state index is 5.17. The molecule has 1 heterocycles. The van der Waals surface area contributed by atoms with Gasteiger partial charge in [0.25, 0.3) is 0 Å². The van der Waals surface area contributed by atoms with E-state index in [0.29, 0.717) is 0 Å². The normalized spacial score (nSPS) is 10.1. The average Bonchev–Trinajstić information content (AvgIpc) is 2.34. The Bertz CT molecular complexity index is 529. The lowest BCUT2D eigenvalue weighted by Crippen LogP contribution is -1.94. The fraction of sp³-hybridized carbons (Fsp3) is 0.154. The zero-order valence-electron chi connectivity index (χ0n) is 9.70. The van der Waals surface area contributed by atoms with Crippen molar-refractivity contribution in [1.29, 1.82) is 0 Å². The molecule has 0 aliphatic rings. The molecule has 0 radical (unpaired) electrons. The molecule has 0 saturated carbocycles. The van der Waals surface area contributed by atoms with Crippen LogP contribution in [0.4, 0.5) is 11.5 Å². The number of methoxy groups -OCH3 is 1. The van der Waals surface area contributed by atoms with E-state index in [1.807, 2.05) is 37.3 Å². The Morgan fingerprint density at radius 1 is 1.29 bits per heavy atom. The number of nitrogens with zero attached hydrogens (tertiary/aromatic N) is 1. The maximum atomic E-state index is 5.17. The maximum Gasteiger partial charge on any atom is 0.130 e. The summed E-state index contributed by atoms with van der Waals surface area (Å²) < 4.78 is 6.18. The molecule has 3 nitrogen and oxygen atoms in total. The quantitative estimate of drug-likeness (QED) is 0.931. The predicted molar refractivity (Wildman–Crippen MR) is 73.0 cm³/mol. The van der Waals surface area contributed by atoms with E-state index in [2.05, 4.69) is 26.2 Å². The molecule has 0 amide bonds. The first kappa shape index (κ1) is 11.9. The number of aryl methyl sites for hydroxylation is 1. The van der Waals surface area contributed by atoms with Gasteiger partial charge in [-0.2, -0.15) is 0 Å². The van der Waals surface area contributed by atoms with Crippen molar-refractivity contribution in [2.75, 3.05) is 12.4 Å². The van der Waals surface area contributed by atoms with Crippen LogP contribution in [0.3, 0.4) is 0 Å². The number of pyridine rings is 1. The van der Waals surface area contributed by atoms with Crippen molar-refractivity contribution in [3.05, 3.63) is 46.6 Å². The minimum atomic E-state index is 0.818. The van der Waals surface area contributed by atoms with Crippen molar-refractivity contribution in [3.63, 3.8) is 0 Å². The van der Waals surface area contributed by atoms with E-state index in [1.54, 1.807) is 13.3 Å². The van der Waals surface area contributed by atoms with Crippen molar-refractivity contribution in [2.45, 2.75) is 6.92 Å². The van der Waals surface area contributed by atoms with E-state index < -0.39 is 0 Å². The summed E-state index contributed by atoms with van der Waals surface area (Å²) in [6.07, 6.45) is 1.79. The third-order valence-corrected chi connectivity index (χ3v) is 3.22. The highest BCUT2D eigenvalue weighted by Gasteiger charge is 2.00. The molecule has 0 bridgehead atoms. The van der Waals surface area contributed by atoms with Gasteiger partial charge in [-0.25, -0.2) is 4.98 Å². The SMILES string of the molecule is COc1cccc(Nc2cc(C)c(Br)cn2)c1. The van der Waals surface area contributed by atoms with E-state index in [9.17, 15) is 0 Å². The lowest BCUT2D eigenvalue weighted by Gasteiger charge is -2.08. The van der Waals surface area contributed by atoms with Crippen LogP contribution in [-0.4, -0.2) is 12.1 Å². The minimum absolute atomic E-state index is 0.818. The number of anilines is 2. The number of benzene rings is 1. The third kappa shape index (κ3) is 2.97. The second-order valence-corrected chi connectivity index (χ2v) is 4.53. The molecule has 1 aromatic carbocycles. The molecule has 2 rings (SSSR count). The van der Waals surface area contributed by atoms with Gasteiger partial charge in [0, 0.05) is 22.4 Å². The summed E-state index contributed by atoms with van der Waals surface area (Å²) in [5, 5.41) is 3.23. The molecule has 0 aliphatic heterocycles. The summed E-state index contributed by atoms with van der Waals surface area (Å²) >= 11 is 3.43. The van der Waals surface area contributed by atoms with Crippen LogP contribution >= 0.6 is 15.9 Å². The standard InChI is InChI=1S/C13H13BrN2O/c1-9-6-13(15-8-12(9)14)16-10-4-3-5-11(7-10)17-2/h3-8H,1-2H3,(H,15,16). The molecule has 1 aromatic heterocycles. The Labute approximate surface area is 109 Å². The van der Waals surface area contributed by atoms with Crippen LogP contribution in [0.1, 0.15) is 5.56 Å². The molecule has 0 fully saturated rings. The van der Waals surface area contributed by atoms with Gasteiger partial charge in [-0.05, 0) is 46.6 Å². The number of hydrogen-bond donors (Lipinski definition) is 1. The molecule has 0 atom stereocenters. The van der Waals surface area contributed by atoms with Gasteiger partial charge in [0.15, 0.2) is 0 Å². The van der Waals surface area contributed by atoms with Crippen LogP contribution in [0.25, 0.3) is 0 Å². The highest BCUT2D eigenvalue weighted by molar-refractivity contribution is 9.10. The predicted octanol–water partition coefficient (Wildman–Crippen LogP) is 3.90. The summed E-state index contributed by atoms with van der Waals surface area (Å²) in [4.78, 5) is 4.29. The fourth-order valence-electron chi connectivity index (χ4n) is 1.46. The summed E-state index contributed by atoms with van der Waals surface area (Å²) in [5.74, 6) is 1.64. The summed E-state index contributed by atoms with van der Waals surface area (Å²) in [6.45, 7) is 2.03. The van der Waals surface area contributed by atoms with E-state index in [4.69, 9.17) is 4.74 Å². The summed E-state index contributed by atoms with van der Waals surface area (Å²) in [7, 11) is 1.65. The topological polar surface area (TPSA) is 34.1 Å². The van der Waals surface area contributed by atoms with Crippen LogP contribution in [0, 0.1) is 6.92 Å². The lowest BCUT2D eigenvalue weighted by atomic mass is 10.2. The van der Waals surface area contributed by atoms with E-state index in [-0.39, 0.29) is 0 Å². The van der Waals surface area contributed by atoms with Crippen LogP contribution in [0.5, 0.6) is 5.75 Å². The Kier molecular flexibility index (Phi) is 3.64. The highest BCUT2D eigenvalue weighted by Crippen LogP contribution is 2.22. The van der Waals surface area contributed by atoms with Gasteiger partial charge in [0.2, 0.25) is 0 Å². The van der Waals surface area contributed by atoms with Gasteiger partial charge in [-0.1, -0.05) is 6.07 Å². The van der Waals surface area contributed by atoms with Crippen molar-refractivity contribution in [3.8, 4) is 5.75 Å². The van der Waals surface area contributed by atoms with Gasteiger partial charge < -0.3 is 10.1 Å². The zero-order valence-corrected chi connectivity index (χ0v) is 11.3. The Morgan fingerprint density at radius 3 is 2.82 bits per heavy atom. The van der Waals surface area contributed by atoms with Gasteiger partial charge in [-0.15, -0.1) is 0 Å². The van der Waals surface area contributed by atoms with Crippen molar-refractivity contribution >= 4 is 27.4 Å². The average molecular weight is 293 g/mol. The molecule has 2 aromatic rings. The second-order valence-electron chi connectivity index (χ2n) is 3.68. The Morgan fingerprint density at radius 2 is 2.12 bits per heavy atom. The number of ether oxygens (including phenoxy) is 1. The largest absolute Gasteiger partial charge is 0.497 e. The molecular weight excluding hydrogens is 280 g/mol. The van der Waals surface area contributed by atoms with Crippen molar-refractivity contribution < 1.29 is 4.74 Å². The fourth-order valence-corrected chi connectivity index (χ4v) is 1.67. The first-order valence-corrected chi connectivity index (χ1v) is 6.01. The van der Waals surface area contributed by atoms with E-state index in [1.165, 1.54) is 0 Å². The molecule has 0 aliphatic carbocycles. The number of halogens is 1. The van der Waals surface area contributed by atoms with E-state index >= 15 is 0 Å². The van der Waals surface area contributed by atoms with Crippen LogP contribution in [0.2, 0.25) is 0 Å². The summed E-state index contributed by atoms with van der Waals surface area (Å²) in [6, 6.07) is 9.74. The minimum Gasteiger partial charge on any atom is -0.497 e. The van der Waals surface area contributed by atoms with Gasteiger partial charge in [0.05, 0.1) is 7.11 Å². The Balaban J connectivity index is 2.22. The van der Waals surface area contributed by atoms with Gasteiger partial charge in [0.1, 0.15) is 11.6 Å². The Hall–Kier alpha value is -1.55. The molecule has 17 heavy (non-hydrogen) atoms. The van der Waals surface area contributed by atoms with Crippen LogP contribution in [0.15, 0.2) is 41.0 Å². The second kappa shape index (κ2) is 5.19. The first-order chi connectivity index (χ1) is 8.19. The van der Waals surface area contributed by atoms with Crippen molar-refractivity contribution in [2.24, 2.45) is 0 Å². The molecular formula is C13H13BrN2O. The van der Waals surface area contributed by atoms with Gasteiger partial charge >= 0.3 is 0 Å². The first-order valence-electron chi connectivity index (χ1n) is 5.22. The molecule has 1 N–H and O–H groups in total. The molecule has 88 valence electrons. The summed E-state index contributed by atoms with van der Waals surface area (Å²) in [5.41, 5.74) is 2.10. The van der Waals surface area contributed by atoms with Gasteiger partial charge in [-0.3, -0.25) is 0 Å². The van der Waals surface area contributed by atoms with Crippen molar-refractivity contribution in [1.82, 2.24) is 4.98 Å². The monoisotopic (exact) mass is 292 g/mol. The highest BCUT2D eigenvalue weighted by atomic mass is 79.9. The molecule has 4 heteroatoms. The number of nitrogens with one attached hydrogen (secondary N) is 1. The van der Waals surface area contributed by atoms with E-state index in [0.717, 1.165) is 27.3 Å². The zero-order chi connectivity index (χ0) is 12.3. The van der Waals surface area contributed by atoms with Crippen LogP contribution in [-0.2, 0) is 0 Å². The molecule has 0 unspecified atom stereocenters. The lowest BCUT2D eigenvalue weighted by molar-refractivity contribution is 0.415. The molecule has 0 spiro atoms. The molecule has 0 saturated heterocycles. The number of aromatic nitrogens is 1. The smallest absolute Gasteiger partial charge is 0.130 e. The third-order valence-electron chi connectivity index (χ3n) is 2.39. The number of rotatable bonds is 3. The van der Waals surface area contributed by atoms with Crippen LogP contribution < -0.4 is 10.1 Å². The number of hydrogen-bond acceptors (Lipinski definition) is 3.